The molecule has 0 aromatic carbocycles. The van der Waals surface area contributed by atoms with Crippen LogP contribution in [0.2, 0.25) is 0 Å². The molecule has 0 bridgehead atoms. The van der Waals surface area contributed by atoms with E-state index in [-0.39, 0.29) is 11.4 Å². The fourth-order valence-electron chi connectivity index (χ4n) is 4.14. The Hall–Kier alpha value is -1.37. The summed E-state index contributed by atoms with van der Waals surface area (Å²) in [5, 5.41) is 3.21. The molecule has 0 spiro atoms. The van der Waals surface area contributed by atoms with Gasteiger partial charge in [0.1, 0.15) is 5.76 Å². The summed E-state index contributed by atoms with van der Waals surface area (Å²) in [6.45, 7) is 5.36. The van der Waals surface area contributed by atoms with E-state index in [0.717, 1.165) is 38.6 Å². The van der Waals surface area contributed by atoms with Gasteiger partial charge in [0.25, 0.3) is 0 Å². The minimum Gasteiger partial charge on any atom is -0.468 e. The molecule has 6 nitrogen and oxygen atoms in total. The Balaban J connectivity index is 1.50. The highest BCUT2D eigenvalue weighted by atomic mass is 16.5. The molecule has 25 heavy (non-hydrogen) atoms. The molecule has 2 heterocycles. The molecule has 0 radical (unpaired) electrons. The first kappa shape index (κ1) is 18.4. The molecule has 6 heteroatoms. The number of hydrogen-bond acceptors (Lipinski definition) is 5. The van der Waals surface area contributed by atoms with Crippen LogP contribution < -0.4 is 5.32 Å². The summed E-state index contributed by atoms with van der Waals surface area (Å²) in [6.07, 6.45) is 7.84. The van der Waals surface area contributed by atoms with E-state index in [4.69, 9.17) is 9.15 Å². The summed E-state index contributed by atoms with van der Waals surface area (Å²) in [5.74, 6) is 0.972. The quantitative estimate of drug-likeness (QED) is 0.814. The van der Waals surface area contributed by atoms with Crippen molar-refractivity contribution in [2.24, 2.45) is 0 Å². The number of hydrogen-bond donors (Lipinski definition) is 1. The van der Waals surface area contributed by atoms with Gasteiger partial charge in [-0.15, -0.1) is 0 Å². The predicted octanol–water partition coefficient (Wildman–Crippen LogP) is 1.86. The minimum absolute atomic E-state index is 0.0901. The molecule has 1 saturated carbocycles. The Bertz CT molecular complexity index is 520. The van der Waals surface area contributed by atoms with Gasteiger partial charge in [0.2, 0.25) is 5.91 Å². The molecule has 1 aliphatic heterocycles. The molecule has 0 atom stereocenters. The van der Waals surface area contributed by atoms with Gasteiger partial charge >= 0.3 is 0 Å². The Morgan fingerprint density at radius 1 is 1.28 bits per heavy atom. The number of nitrogens with one attached hydrogen (secondary N) is 1. The maximum absolute atomic E-state index is 12.4. The van der Waals surface area contributed by atoms with Crippen LogP contribution in [0.4, 0.5) is 0 Å². The van der Waals surface area contributed by atoms with Crippen molar-refractivity contribution in [3.8, 4) is 0 Å². The van der Waals surface area contributed by atoms with Gasteiger partial charge in [0.05, 0.1) is 32.6 Å². The van der Waals surface area contributed by atoms with Crippen LogP contribution in [0.3, 0.4) is 0 Å². The van der Waals surface area contributed by atoms with E-state index in [1.54, 1.807) is 6.26 Å². The second-order valence-electron chi connectivity index (χ2n) is 7.41. The first-order valence-corrected chi connectivity index (χ1v) is 9.48. The van der Waals surface area contributed by atoms with Gasteiger partial charge in [-0.25, -0.2) is 0 Å². The summed E-state index contributed by atoms with van der Waals surface area (Å²) < 4.78 is 10.9. The van der Waals surface area contributed by atoms with E-state index in [1.807, 2.05) is 24.1 Å². The van der Waals surface area contributed by atoms with E-state index in [0.29, 0.717) is 13.1 Å². The van der Waals surface area contributed by atoms with Crippen LogP contribution in [0.15, 0.2) is 22.8 Å². The number of morpholine rings is 1. The van der Waals surface area contributed by atoms with Crippen molar-refractivity contribution < 1.29 is 13.9 Å². The molecule has 0 unspecified atom stereocenters. The minimum atomic E-state index is 0.0901. The van der Waals surface area contributed by atoms with Crippen LogP contribution in [-0.4, -0.2) is 67.7 Å². The zero-order valence-electron chi connectivity index (χ0n) is 15.3. The molecule has 1 aromatic heterocycles. The van der Waals surface area contributed by atoms with E-state index in [9.17, 15) is 4.79 Å². The number of rotatable bonds is 7. The lowest BCUT2D eigenvalue weighted by atomic mass is 9.79. The Morgan fingerprint density at radius 2 is 2.04 bits per heavy atom. The van der Waals surface area contributed by atoms with Crippen LogP contribution in [0.1, 0.15) is 37.9 Å². The maximum Gasteiger partial charge on any atom is 0.234 e. The fourth-order valence-corrected chi connectivity index (χ4v) is 4.14. The molecule has 3 rings (SSSR count). The highest BCUT2D eigenvalue weighted by Crippen LogP contribution is 2.33. The molecule has 140 valence electrons. The first-order chi connectivity index (χ1) is 12.2. The number of nitrogens with zero attached hydrogens (tertiary/aromatic N) is 2. The van der Waals surface area contributed by atoms with Gasteiger partial charge in [-0.3, -0.25) is 14.6 Å². The van der Waals surface area contributed by atoms with Crippen molar-refractivity contribution >= 4 is 5.91 Å². The van der Waals surface area contributed by atoms with Crippen molar-refractivity contribution in [1.82, 2.24) is 15.1 Å². The van der Waals surface area contributed by atoms with Crippen molar-refractivity contribution in [2.45, 2.75) is 44.2 Å². The average Bonchev–Trinajstić information content (AvgIpc) is 3.14. The second-order valence-corrected chi connectivity index (χ2v) is 7.41. The van der Waals surface area contributed by atoms with Gasteiger partial charge in [-0.1, -0.05) is 19.3 Å². The van der Waals surface area contributed by atoms with Gasteiger partial charge in [0.15, 0.2) is 0 Å². The first-order valence-electron chi connectivity index (χ1n) is 9.48. The molecule has 1 saturated heterocycles. The van der Waals surface area contributed by atoms with Crippen LogP contribution in [-0.2, 0) is 16.1 Å². The van der Waals surface area contributed by atoms with Crippen LogP contribution in [0, 0.1) is 0 Å². The van der Waals surface area contributed by atoms with Crippen LogP contribution in [0.25, 0.3) is 0 Å². The lowest BCUT2D eigenvalue weighted by molar-refractivity contribution is -0.123. The fraction of sp³-hybridized carbons (Fsp3) is 0.737. The summed E-state index contributed by atoms with van der Waals surface area (Å²) in [7, 11) is 1.94. The smallest absolute Gasteiger partial charge is 0.234 e. The Kier molecular flexibility index (Phi) is 6.51. The van der Waals surface area contributed by atoms with Gasteiger partial charge in [-0.2, -0.15) is 0 Å². The zero-order valence-corrected chi connectivity index (χ0v) is 15.3. The van der Waals surface area contributed by atoms with E-state index >= 15 is 0 Å². The SMILES string of the molecule is CN(CC(=O)NCC1(N2CCOCC2)CCCCC1)Cc1ccco1. The number of carbonyl (C=O) groups excluding carboxylic acids is 1. The van der Waals surface area contributed by atoms with Gasteiger partial charge < -0.3 is 14.5 Å². The number of furan rings is 1. The van der Waals surface area contributed by atoms with E-state index in [1.165, 1.54) is 32.1 Å². The number of ether oxygens (including phenoxy) is 1. The third kappa shape index (κ3) is 5.06. The summed E-state index contributed by atoms with van der Waals surface area (Å²) >= 11 is 0. The molecule has 2 aliphatic rings. The average molecular weight is 349 g/mol. The molecule has 2 fully saturated rings. The van der Waals surface area contributed by atoms with E-state index in [2.05, 4.69) is 10.2 Å². The predicted molar refractivity (Wildman–Crippen MR) is 96.3 cm³/mol. The largest absolute Gasteiger partial charge is 0.468 e. The Labute approximate surface area is 150 Å². The van der Waals surface area contributed by atoms with Crippen molar-refractivity contribution in [3.63, 3.8) is 0 Å². The zero-order chi connectivity index (χ0) is 17.5. The van der Waals surface area contributed by atoms with Crippen molar-refractivity contribution in [3.05, 3.63) is 24.2 Å². The normalized spacial score (nSPS) is 21.4. The molecular formula is C19H31N3O3. The maximum atomic E-state index is 12.4. The molecule has 1 aliphatic carbocycles. The summed E-state index contributed by atoms with van der Waals surface area (Å²) in [5.41, 5.74) is 0.122. The highest BCUT2D eigenvalue weighted by Gasteiger charge is 2.38. The molecule has 1 N–H and O–H groups in total. The lowest BCUT2D eigenvalue weighted by Crippen LogP contribution is -2.60. The van der Waals surface area contributed by atoms with Gasteiger partial charge in [0, 0.05) is 25.2 Å². The highest BCUT2D eigenvalue weighted by molar-refractivity contribution is 5.78. The summed E-state index contributed by atoms with van der Waals surface area (Å²) in [6, 6.07) is 3.81. The topological polar surface area (TPSA) is 58.0 Å². The lowest BCUT2D eigenvalue weighted by Gasteiger charge is -2.48. The molecule has 1 aromatic rings. The van der Waals surface area contributed by atoms with Crippen molar-refractivity contribution in [1.29, 1.82) is 0 Å². The Morgan fingerprint density at radius 3 is 2.72 bits per heavy atom. The summed E-state index contributed by atoms with van der Waals surface area (Å²) in [4.78, 5) is 17.0. The van der Waals surface area contributed by atoms with E-state index < -0.39 is 0 Å². The number of amides is 1. The molecular weight excluding hydrogens is 318 g/mol. The third-order valence-corrected chi connectivity index (χ3v) is 5.50. The van der Waals surface area contributed by atoms with Crippen LogP contribution in [0.5, 0.6) is 0 Å². The standard InChI is InChI=1S/C19H31N3O3/c1-21(14-17-6-5-11-25-17)15-18(23)20-16-19(7-3-2-4-8-19)22-9-12-24-13-10-22/h5-6,11H,2-4,7-10,12-16H2,1H3,(H,20,23). The van der Waals surface area contributed by atoms with Crippen LogP contribution >= 0.6 is 0 Å². The third-order valence-electron chi connectivity index (χ3n) is 5.50. The second kappa shape index (κ2) is 8.83. The number of likely N-dealkylation sites (N-methyl/N-ethyl adjacent to an activating group) is 1. The van der Waals surface area contributed by atoms with Gasteiger partial charge in [-0.05, 0) is 32.0 Å². The van der Waals surface area contributed by atoms with Crippen molar-refractivity contribution in [2.75, 3.05) is 46.4 Å². The number of carbonyl (C=O) groups is 1. The molecule has 1 amide bonds. The monoisotopic (exact) mass is 349 g/mol.